The number of carboxylic acids is 1. The minimum atomic E-state index is -0.978. The zero-order chi connectivity index (χ0) is 23.9. The lowest BCUT2D eigenvalue weighted by Crippen LogP contribution is -2.64. The summed E-state index contributed by atoms with van der Waals surface area (Å²) in [6, 6.07) is 0. The highest BCUT2D eigenvalue weighted by atomic mass is 16.5. The molecular formula is C26H34O6. The van der Waals surface area contributed by atoms with Crippen LogP contribution in [0.4, 0.5) is 0 Å². The van der Waals surface area contributed by atoms with E-state index < -0.39 is 34.2 Å². The highest BCUT2D eigenvalue weighted by molar-refractivity contribution is 5.99. The summed E-state index contributed by atoms with van der Waals surface area (Å²) >= 11 is 0. The molecule has 2 saturated carbocycles. The molecule has 1 N–H and O–H groups in total. The van der Waals surface area contributed by atoms with Gasteiger partial charge in [0.1, 0.15) is 6.10 Å². The largest absolute Gasteiger partial charge is 0.481 e. The van der Waals surface area contributed by atoms with Gasteiger partial charge in [0, 0.05) is 29.1 Å². The number of aliphatic carboxylic acids is 1. The maximum atomic E-state index is 13.0. The standard InChI is InChI=1S/C26H34O6/c1-14(27)32-21-13-18-23(2,3)20(29)8-10-25(18,5)17-7-9-24(4)15(11-22(30)31)16(28)12-19(24)26(17,21)6/h8,10,12,15,17-18,21H,7,9,11,13H2,1-6H3,(H,30,31)/t15-,17-,18-,21-,24+,25+,26+/m1/s1. The van der Waals surface area contributed by atoms with Crippen LogP contribution < -0.4 is 0 Å². The molecule has 0 spiro atoms. The van der Waals surface area contributed by atoms with E-state index in [1.54, 1.807) is 12.2 Å². The molecule has 6 nitrogen and oxygen atoms in total. The van der Waals surface area contributed by atoms with Gasteiger partial charge in [-0.3, -0.25) is 19.2 Å². The summed E-state index contributed by atoms with van der Waals surface area (Å²) in [6.45, 7) is 11.6. The number of hydrogen-bond donors (Lipinski definition) is 1. The maximum Gasteiger partial charge on any atom is 0.304 e. The van der Waals surface area contributed by atoms with E-state index in [0.29, 0.717) is 12.8 Å². The number of carbonyl (C=O) groups excluding carboxylic acids is 3. The van der Waals surface area contributed by atoms with Gasteiger partial charge in [-0.05, 0) is 48.7 Å². The molecule has 0 bridgehead atoms. The van der Waals surface area contributed by atoms with Crippen LogP contribution in [0.15, 0.2) is 23.8 Å². The normalized spacial score (nSPS) is 44.2. The van der Waals surface area contributed by atoms with E-state index in [9.17, 15) is 24.3 Å². The fraction of sp³-hybridized carbons (Fsp3) is 0.692. The third-order valence-electron chi connectivity index (χ3n) is 9.68. The monoisotopic (exact) mass is 442 g/mol. The predicted molar refractivity (Wildman–Crippen MR) is 117 cm³/mol. The van der Waals surface area contributed by atoms with Gasteiger partial charge in [-0.15, -0.1) is 0 Å². The number of esters is 1. The lowest BCUT2D eigenvalue weighted by molar-refractivity contribution is -0.188. The van der Waals surface area contributed by atoms with Crippen molar-refractivity contribution in [3.63, 3.8) is 0 Å². The van der Waals surface area contributed by atoms with Crippen molar-refractivity contribution in [1.29, 1.82) is 0 Å². The maximum absolute atomic E-state index is 13.0. The van der Waals surface area contributed by atoms with Crippen LogP contribution in [0.25, 0.3) is 0 Å². The van der Waals surface area contributed by atoms with Gasteiger partial charge in [0.2, 0.25) is 0 Å². The SMILES string of the molecule is CC(=O)O[C@@H]1C[C@@H]2C(C)(C)C(=O)C=C[C@@]2(C)[C@H]2CC[C@]3(C)C(=CC(=O)[C@H]3CC(=O)O)[C@]21C. The summed E-state index contributed by atoms with van der Waals surface area (Å²) < 4.78 is 5.95. The van der Waals surface area contributed by atoms with E-state index in [2.05, 4.69) is 13.8 Å². The van der Waals surface area contributed by atoms with E-state index in [0.717, 1.165) is 12.0 Å². The minimum Gasteiger partial charge on any atom is -0.481 e. The molecule has 0 radical (unpaired) electrons. The van der Waals surface area contributed by atoms with Crippen molar-refractivity contribution in [3.05, 3.63) is 23.8 Å². The Morgan fingerprint density at radius 2 is 1.78 bits per heavy atom. The van der Waals surface area contributed by atoms with Gasteiger partial charge < -0.3 is 9.84 Å². The predicted octanol–water partition coefficient (Wildman–Crippen LogP) is 4.13. The summed E-state index contributed by atoms with van der Waals surface area (Å²) in [5, 5.41) is 9.46. The van der Waals surface area contributed by atoms with E-state index in [-0.39, 0.29) is 41.2 Å². The fourth-order valence-corrected chi connectivity index (χ4v) is 8.05. The Bertz CT molecular complexity index is 973. The molecular weight excluding hydrogens is 408 g/mol. The van der Waals surface area contributed by atoms with Crippen LogP contribution in [0.3, 0.4) is 0 Å². The number of fused-ring (bicyclic) bond motifs is 5. The number of carbonyl (C=O) groups is 4. The second-order valence-electron chi connectivity index (χ2n) is 11.6. The first-order valence-corrected chi connectivity index (χ1v) is 11.6. The number of hydrogen-bond acceptors (Lipinski definition) is 5. The molecule has 0 heterocycles. The zero-order valence-corrected chi connectivity index (χ0v) is 19.9. The van der Waals surface area contributed by atoms with Gasteiger partial charge in [-0.25, -0.2) is 0 Å². The molecule has 4 aliphatic rings. The number of carboxylic acid groups (broad SMARTS) is 1. The van der Waals surface area contributed by atoms with Crippen LogP contribution in [-0.4, -0.2) is 34.7 Å². The smallest absolute Gasteiger partial charge is 0.304 e. The molecule has 0 unspecified atom stereocenters. The third-order valence-corrected chi connectivity index (χ3v) is 9.68. The van der Waals surface area contributed by atoms with Crippen molar-refractivity contribution in [3.8, 4) is 0 Å². The Kier molecular flexibility index (Phi) is 4.93. The van der Waals surface area contributed by atoms with Crippen LogP contribution in [0, 0.1) is 39.4 Å². The number of ether oxygens (including phenoxy) is 1. The van der Waals surface area contributed by atoms with Crippen molar-refractivity contribution < 1.29 is 29.0 Å². The Morgan fingerprint density at radius 1 is 1.12 bits per heavy atom. The van der Waals surface area contributed by atoms with Gasteiger partial charge in [-0.1, -0.05) is 46.3 Å². The second kappa shape index (κ2) is 6.88. The van der Waals surface area contributed by atoms with Crippen molar-refractivity contribution in [2.75, 3.05) is 0 Å². The van der Waals surface area contributed by atoms with Crippen LogP contribution in [0.5, 0.6) is 0 Å². The average molecular weight is 443 g/mol. The first-order valence-electron chi connectivity index (χ1n) is 11.6. The summed E-state index contributed by atoms with van der Waals surface area (Å²) in [5.74, 6) is -1.97. The Balaban J connectivity index is 1.89. The molecule has 0 aromatic rings. The van der Waals surface area contributed by atoms with Crippen molar-refractivity contribution in [2.24, 2.45) is 39.4 Å². The summed E-state index contributed by atoms with van der Waals surface area (Å²) in [4.78, 5) is 49.5. The molecule has 4 aliphatic carbocycles. The first kappa shape index (κ1) is 22.9. The average Bonchev–Trinajstić information content (AvgIpc) is 2.92. The Labute approximate surface area is 189 Å². The Hall–Kier alpha value is -2.24. The fourth-order valence-electron chi connectivity index (χ4n) is 8.05. The summed E-state index contributed by atoms with van der Waals surface area (Å²) in [6.07, 6.45) is 6.72. The van der Waals surface area contributed by atoms with Gasteiger partial charge in [-0.2, -0.15) is 0 Å². The molecule has 7 atom stereocenters. The molecule has 6 heteroatoms. The molecule has 4 rings (SSSR count). The number of rotatable bonds is 3. The topological polar surface area (TPSA) is 97.7 Å². The number of allylic oxidation sites excluding steroid dienone is 3. The van der Waals surface area contributed by atoms with Crippen LogP contribution in [0.1, 0.15) is 67.2 Å². The van der Waals surface area contributed by atoms with Crippen molar-refractivity contribution >= 4 is 23.5 Å². The summed E-state index contributed by atoms with van der Waals surface area (Å²) in [7, 11) is 0. The molecule has 0 aromatic carbocycles. The lowest BCUT2D eigenvalue weighted by Gasteiger charge is -2.66. The minimum absolute atomic E-state index is 0.00759. The molecule has 174 valence electrons. The third kappa shape index (κ3) is 2.83. The second-order valence-corrected chi connectivity index (χ2v) is 11.6. The molecule has 0 saturated heterocycles. The van der Waals surface area contributed by atoms with E-state index in [1.165, 1.54) is 6.92 Å². The van der Waals surface area contributed by atoms with Crippen LogP contribution in [-0.2, 0) is 23.9 Å². The molecule has 0 aliphatic heterocycles. The Morgan fingerprint density at radius 3 is 2.38 bits per heavy atom. The molecule has 2 fully saturated rings. The number of ketones is 2. The van der Waals surface area contributed by atoms with Crippen LogP contribution in [0.2, 0.25) is 0 Å². The van der Waals surface area contributed by atoms with E-state index >= 15 is 0 Å². The van der Waals surface area contributed by atoms with E-state index in [1.807, 2.05) is 26.8 Å². The van der Waals surface area contributed by atoms with Gasteiger partial charge in [0.15, 0.2) is 11.6 Å². The lowest BCUT2D eigenvalue weighted by atomic mass is 9.38. The first-order chi connectivity index (χ1) is 14.7. The molecule has 32 heavy (non-hydrogen) atoms. The van der Waals surface area contributed by atoms with Crippen LogP contribution >= 0.6 is 0 Å². The zero-order valence-electron chi connectivity index (χ0n) is 19.9. The van der Waals surface area contributed by atoms with Gasteiger partial charge in [0.25, 0.3) is 0 Å². The molecule has 0 aromatic heterocycles. The van der Waals surface area contributed by atoms with Crippen molar-refractivity contribution in [2.45, 2.75) is 73.3 Å². The highest BCUT2D eigenvalue weighted by Gasteiger charge is 2.69. The molecule has 0 amide bonds. The van der Waals surface area contributed by atoms with Gasteiger partial charge in [0.05, 0.1) is 6.42 Å². The quantitative estimate of drug-likeness (QED) is 0.660. The van der Waals surface area contributed by atoms with Gasteiger partial charge >= 0.3 is 11.9 Å². The van der Waals surface area contributed by atoms with E-state index in [4.69, 9.17) is 4.74 Å². The van der Waals surface area contributed by atoms with Crippen molar-refractivity contribution in [1.82, 2.24) is 0 Å². The highest BCUT2D eigenvalue weighted by Crippen LogP contribution is 2.71. The summed E-state index contributed by atoms with van der Waals surface area (Å²) in [5.41, 5.74) is -1.17.